The fraction of sp³-hybridized carbons (Fsp3) is 0.154. The molecular formula is C26H24N2O6S2. The molecule has 3 N–H and O–H groups in total. The van der Waals surface area contributed by atoms with Gasteiger partial charge in [0.1, 0.15) is 10.6 Å². The molecule has 0 fully saturated rings. The maximum absolute atomic E-state index is 12.7. The number of carboxylic acids is 1. The molecule has 0 radical (unpaired) electrons. The van der Waals surface area contributed by atoms with Gasteiger partial charge < -0.3 is 20.5 Å². The molecule has 1 heterocycles. The standard InChI is InChI=1S/C26H24N2O6S2/c1-3-34-26(33)24-20(17-9-7-16(2)8-10-17)14-36-25(24)28-22(30)15-35-19-6-4-5-18(13-19)27-21(29)11-12-23(31)32/h4-14H,3,15H2,1-2H3,(H,27,29)(H,28,30)(H,31,32)/b12-11+. The van der Waals surface area contributed by atoms with E-state index < -0.39 is 17.8 Å². The fourth-order valence-electron chi connectivity index (χ4n) is 3.11. The summed E-state index contributed by atoms with van der Waals surface area (Å²) >= 11 is 2.51. The number of ether oxygens (including phenoxy) is 1. The molecule has 0 aliphatic heterocycles. The first-order valence-electron chi connectivity index (χ1n) is 10.9. The molecule has 0 unspecified atom stereocenters. The van der Waals surface area contributed by atoms with Gasteiger partial charge in [-0.1, -0.05) is 35.9 Å². The van der Waals surface area contributed by atoms with Gasteiger partial charge in [0.2, 0.25) is 11.8 Å². The highest BCUT2D eigenvalue weighted by Gasteiger charge is 2.22. The SMILES string of the molecule is CCOC(=O)c1c(-c2ccc(C)cc2)csc1NC(=O)CSc1cccc(NC(=O)/C=C/C(=O)O)c1. The molecule has 36 heavy (non-hydrogen) atoms. The number of esters is 1. The summed E-state index contributed by atoms with van der Waals surface area (Å²) in [5, 5.41) is 16.2. The van der Waals surface area contributed by atoms with Gasteiger partial charge in [-0.25, -0.2) is 9.59 Å². The quantitative estimate of drug-likeness (QED) is 0.189. The lowest BCUT2D eigenvalue weighted by molar-refractivity contribution is -0.131. The second kappa shape index (κ2) is 12.7. The Labute approximate surface area is 216 Å². The molecule has 2 amide bonds. The zero-order valence-corrected chi connectivity index (χ0v) is 21.2. The summed E-state index contributed by atoms with van der Waals surface area (Å²) in [6, 6.07) is 14.6. The van der Waals surface area contributed by atoms with Crippen molar-refractivity contribution in [1.82, 2.24) is 0 Å². The van der Waals surface area contributed by atoms with Crippen LogP contribution in [-0.4, -0.2) is 41.2 Å². The third-order valence-corrected chi connectivity index (χ3v) is 6.62. The minimum absolute atomic E-state index is 0.0658. The van der Waals surface area contributed by atoms with Gasteiger partial charge in [0.05, 0.1) is 12.4 Å². The van der Waals surface area contributed by atoms with Crippen molar-refractivity contribution in [3.8, 4) is 11.1 Å². The second-order valence-corrected chi connectivity index (χ2v) is 9.39. The van der Waals surface area contributed by atoms with Crippen LogP contribution in [0.15, 0.2) is 71.0 Å². The first-order valence-corrected chi connectivity index (χ1v) is 12.7. The number of aryl methyl sites for hydroxylation is 1. The maximum atomic E-state index is 12.7. The number of carbonyl (C=O) groups excluding carboxylic acids is 3. The number of aliphatic carboxylic acids is 1. The summed E-state index contributed by atoms with van der Waals surface area (Å²) in [6.07, 6.45) is 1.67. The summed E-state index contributed by atoms with van der Waals surface area (Å²) in [4.78, 5) is 48.5. The summed E-state index contributed by atoms with van der Waals surface area (Å²) in [7, 11) is 0. The summed E-state index contributed by atoms with van der Waals surface area (Å²) < 4.78 is 5.24. The Morgan fingerprint density at radius 3 is 2.50 bits per heavy atom. The molecule has 0 saturated carbocycles. The molecule has 2 aromatic carbocycles. The molecule has 3 rings (SSSR count). The maximum Gasteiger partial charge on any atom is 0.341 e. The van der Waals surface area contributed by atoms with Crippen molar-refractivity contribution in [1.29, 1.82) is 0 Å². The normalized spacial score (nSPS) is 10.7. The molecule has 0 spiro atoms. The van der Waals surface area contributed by atoms with Crippen LogP contribution in [0.25, 0.3) is 11.1 Å². The van der Waals surface area contributed by atoms with Crippen LogP contribution in [0.2, 0.25) is 0 Å². The van der Waals surface area contributed by atoms with E-state index in [0.29, 0.717) is 21.8 Å². The van der Waals surface area contributed by atoms with Crippen LogP contribution in [0.3, 0.4) is 0 Å². The van der Waals surface area contributed by atoms with Crippen LogP contribution in [0, 0.1) is 6.92 Å². The van der Waals surface area contributed by atoms with Crippen LogP contribution < -0.4 is 10.6 Å². The van der Waals surface area contributed by atoms with E-state index in [-0.39, 0.29) is 18.3 Å². The van der Waals surface area contributed by atoms with Crippen LogP contribution in [0.1, 0.15) is 22.8 Å². The largest absolute Gasteiger partial charge is 0.478 e. The van der Waals surface area contributed by atoms with Gasteiger partial charge in [0, 0.05) is 33.7 Å². The third kappa shape index (κ3) is 7.56. The van der Waals surface area contributed by atoms with E-state index in [0.717, 1.165) is 28.2 Å². The molecule has 8 nitrogen and oxygen atoms in total. The van der Waals surface area contributed by atoms with E-state index in [9.17, 15) is 19.2 Å². The number of hydrogen-bond acceptors (Lipinski definition) is 7. The number of amides is 2. The van der Waals surface area contributed by atoms with Crippen molar-refractivity contribution in [3.05, 3.63) is 77.2 Å². The Bertz CT molecular complexity index is 1300. The lowest BCUT2D eigenvalue weighted by atomic mass is 10.0. The number of thiophene rings is 1. The molecular weight excluding hydrogens is 500 g/mol. The Morgan fingerprint density at radius 1 is 1.06 bits per heavy atom. The summed E-state index contributed by atoms with van der Waals surface area (Å²) in [6.45, 7) is 3.92. The van der Waals surface area contributed by atoms with Crippen molar-refractivity contribution in [2.24, 2.45) is 0 Å². The zero-order chi connectivity index (χ0) is 26.1. The van der Waals surface area contributed by atoms with E-state index in [4.69, 9.17) is 9.84 Å². The number of carboxylic acid groups (broad SMARTS) is 1. The Balaban J connectivity index is 1.69. The van der Waals surface area contributed by atoms with Crippen molar-refractivity contribution in [2.75, 3.05) is 23.0 Å². The monoisotopic (exact) mass is 524 g/mol. The van der Waals surface area contributed by atoms with E-state index >= 15 is 0 Å². The van der Waals surface area contributed by atoms with Crippen LogP contribution in [-0.2, 0) is 19.1 Å². The minimum atomic E-state index is -1.22. The van der Waals surface area contributed by atoms with Crippen molar-refractivity contribution in [3.63, 3.8) is 0 Å². The van der Waals surface area contributed by atoms with Crippen LogP contribution in [0.5, 0.6) is 0 Å². The van der Waals surface area contributed by atoms with Gasteiger partial charge >= 0.3 is 11.9 Å². The van der Waals surface area contributed by atoms with Gasteiger partial charge in [-0.05, 0) is 37.6 Å². The average Bonchev–Trinajstić information content (AvgIpc) is 3.26. The molecule has 3 aromatic rings. The van der Waals surface area contributed by atoms with Crippen molar-refractivity contribution >= 4 is 57.5 Å². The third-order valence-electron chi connectivity index (χ3n) is 4.73. The lowest BCUT2D eigenvalue weighted by Gasteiger charge is -2.09. The highest BCUT2D eigenvalue weighted by molar-refractivity contribution is 8.00. The molecule has 0 aliphatic carbocycles. The van der Waals surface area contributed by atoms with E-state index in [2.05, 4.69) is 10.6 Å². The van der Waals surface area contributed by atoms with Crippen molar-refractivity contribution in [2.45, 2.75) is 18.7 Å². The zero-order valence-electron chi connectivity index (χ0n) is 19.6. The second-order valence-electron chi connectivity index (χ2n) is 7.47. The van der Waals surface area contributed by atoms with Gasteiger partial charge in [-0.3, -0.25) is 9.59 Å². The molecule has 0 atom stereocenters. The Morgan fingerprint density at radius 2 is 1.81 bits per heavy atom. The first kappa shape index (κ1) is 26.7. The predicted octanol–water partition coefficient (Wildman–Crippen LogP) is 5.21. The number of anilines is 2. The highest BCUT2D eigenvalue weighted by Crippen LogP contribution is 2.36. The van der Waals surface area contributed by atoms with E-state index in [1.54, 1.807) is 31.2 Å². The fourth-order valence-corrected chi connectivity index (χ4v) is 4.84. The number of rotatable bonds is 10. The summed E-state index contributed by atoms with van der Waals surface area (Å²) in [5.74, 6) is -2.54. The van der Waals surface area contributed by atoms with Crippen LogP contribution in [0.4, 0.5) is 10.7 Å². The molecule has 0 saturated heterocycles. The van der Waals surface area contributed by atoms with Gasteiger partial charge in [-0.15, -0.1) is 23.1 Å². The lowest BCUT2D eigenvalue weighted by Crippen LogP contribution is -2.16. The van der Waals surface area contributed by atoms with Gasteiger partial charge in [-0.2, -0.15) is 0 Å². The van der Waals surface area contributed by atoms with Gasteiger partial charge in [0.25, 0.3) is 0 Å². The predicted molar refractivity (Wildman–Crippen MR) is 142 cm³/mol. The molecule has 0 aliphatic rings. The minimum Gasteiger partial charge on any atom is -0.478 e. The van der Waals surface area contributed by atoms with Gasteiger partial charge in [0.15, 0.2) is 0 Å². The number of nitrogens with one attached hydrogen (secondary N) is 2. The van der Waals surface area contributed by atoms with E-state index in [1.807, 2.05) is 36.6 Å². The van der Waals surface area contributed by atoms with Crippen LogP contribution >= 0.6 is 23.1 Å². The Hall–Kier alpha value is -3.89. The first-order chi connectivity index (χ1) is 17.3. The number of hydrogen-bond donors (Lipinski definition) is 3. The number of benzene rings is 2. The Kier molecular flexibility index (Phi) is 9.43. The molecule has 186 valence electrons. The smallest absolute Gasteiger partial charge is 0.341 e. The van der Waals surface area contributed by atoms with E-state index in [1.165, 1.54) is 23.1 Å². The van der Waals surface area contributed by atoms with Crippen molar-refractivity contribution < 1.29 is 29.0 Å². The summed E-state index contributed by atoms with van der Waals surface area (Å²) in [5.41, 5.74) is 3.43. The topological polar surface area (TPSA) is 122 Å². The average molecular weight is 525 g/mol. The molecule has 1 aromatic heterocycles. The molecule has 0 bridgehead atoms. The number of thioether (sulfide) groups is 1. The number of carbonyl (C=O) groups is 4. The molecule has 10 heteroatoms. The highest BCUT2D eigenvalue weighted by atomic mass is 32.2.